The van der Waals surface area contributed by atoms with Crippen LogP contribution >= 0.6 is 0 Å². The minimum atomic E-state index is -4.86. The number of hydrogen-bond donors (Lipinski definition) is 0. The van der Waals surface area contributed by atoms with E-state index in [1.54, 1.807) is 62.4 Å². The summed E-state index contributed by atoms with van der Waals surface area (Å²) >= 11 is 0. The lowest BCUT2D eigenvalue weighted by Crippen LogP contribution is -2.27. The molecule has 0 aliphatic carbocycles. The summed E-state index contributed by atoms with van der Waals surface area (Å²) in [5.74, 6) is 1.11. The number of fused-ring (bicyclic) bond motifs is 2. The molecule has 0 atom stereocenters. The van der Waals surface area contributed by atoms with E-state index in [1.165, 1.54) is 76.3 Å². The highest BCUT2D eigenvalue weighted by Gasteiger charge is 2.46. The topological polar surface area (TPSA) is 123 Å². The summed E-state index contributed by atoms with van der Waals surface area (Å²) in [5.41, 5.74) is 11.3. The van der Waals surface area contributed by atoms with Gasteiger partial charge in [0.2, 0.25) is 0 Å². The van der Waals surface area contributed by atoms with E-state index in [4.69, 9.17) is 9.47 Å². The van der Waals surface area contributed by atoms with Gasteiger partial charge in [-0.25, -0.2) is 16.8 Å². The normalized spacial score (nSPS) is 11.9. The molecule has 0 saturated carbocycles. The number of sulfone groups is 2. The molecule has 0 N–H and O–H groups in total. The Labute approximate surface area is 317 Å². The number of ether oxygens (including phenoxy) is 2. The van der Waals surface area contributed by atoms with Crippen molar-refractivity contribution in [2.24, 2.45) is 0 Å². The first kappa shape index (κ1) is 42.0. The highest BCUT2D eigenvalue weighted by molar-refractivity contribution is 8.31. The zero-order valence-corrected chi connectivity index (χ0v) is 33.8. The first-order valence-electron chi connectivity index (χ1n) is 19.6. The maximum Gasteiger partial charge on any atom is 0.504 e. The van der Waals surface area contributed by atoms with E-state index < -0.39 is 24.1 Å². The molecular weight excluding hydrogens is 705 g/mol. The fourth-order valence-corrected chi connectivity index (χ4v) is 10.9. The zero-order chi connectivity index (χ0) is 38.3. The number of hydrogen-bond acceptors (Lipinski definition) is 6. The Morgan fingerprint density at radius 3 is 1.19 bits per heavy atom. The first-order chi connectivity index (χ1) is 25.6. The Bertz CT molecular complexity index is 1940. The molecule has 0 amide bonds. The summed E-state index contributed by atoms with van der Waals surface area (Å²) in [6.45, 7) is 8.86. The molecule has 4 aromatic rings. The summed E-state index contributed by atoms with van der Waals surface area (Å²) in [5, 5.41) is 1.65. The van der Waals surface area contributed by atoms with Crippen LogP contribution in [0.15, 0.2) is 70.5 Å². The third-order valence-electron chi connectivity index (χ3n) is 9.89. The molecular formula is C43H58N2O6S2. The van der Waals surface area contributed by atoms with Crippen LogP contribution in [0.3, 0.4) is 0 Å². The molecule has 288 valence electrons. The molecule has 4 aromatic carbocycles. The average Bonchev–Trinajstić information content (AvgIpc) is 3.14. The molecule has 10 heteroatoms. The van der Waals surface area contributed by atoms with E-state index >= 15 is 0 Å². The van der Waals surface area contributed by atoms with Gasteiger partial charge in [0.05, 0.1) is 23.0 Å². The SMILES string of the molecule is CCCCCCCCCCOc1c(C)cc(S(=O)(=O)C(=[N+]=[N-])S(=O)(=O)c2cc(C)c(OCCCCCCCCCC)c3ccccc23)c2ccccc12. The predicted molar refractivity (Wildman–Crippen MR) is 217 cm³/mol. The molecule has 53 heavy (non-hydrogen) atoms. The minimum Gasteiger partial charge on any atom is -0.493 e. The average molecular weight is 763 g/mol. The Morgan fingerprint density at radius 1 is 0.528 bits per heavy atom. The Kier molecular flexibility index (Phi) is 16.4. The lowest BCUT2D eigenvalue weighted by atomic mass is 10.1. The van der Waals surface area contributed by atoms with E-state index in [1.807, 2.05) is 0 Å². The summed E-state index contributed by atoms with van der Waals surface area (Å²) in [7, 11) is -9.72. The second-order valence-electron chi connectivity index (χ2n) is 14.2. The van der Waals surface area contributed by atoms with E-state index in [9.17, 15) is 22.4 Å². The summed E-state index contributed by atoms with van der Waals surface area (Å²) in [6, 6.07) is 16.5. The molecule has 4 rings (SSSR count). The molecule has 0 aliphatic rings. The van der Waals surface area contributed by atoms with E-state index in [0.717, 1.165) is 38.5 Å². The van der Waals surface area contributed by atoms with Crippen molar-refractivity contribution in [3.05, 3.63) is 77.3 Å². The summed E-state index contributed by atoms with van der Waals surface area (Å²) < 4.78 is 68.5. The van der Waals surface area contributed by atoms with Crippen molar-refractivity contribution >= 4 is 45.6 Å². The van der Waals surface area contributed by atoms with Gasteiger partial charge < -0.3 is 15.0 Å². The Hall–Kier alpha value is -3.72. The number of nitrogens with zero attached hydrogens (tertiary/aromatic N) is 2. The third-order valence-corrected chi connectivity index (χ3v) is 14.1. The van der Waals surface area contributed by atoms with Gasteiger partial charge in [-0.1, -0.05) is 152 Å². The van der Waals surface area contributed by atoms with Gasteiger partial charge in [0, 0.05) is 21.5 Å². The van der Waals surface area contributed by atoms with Crippen LogP contribution in [-0.4, -0.2) is 39.2 Å². The van der Waals surface area contributed by atoms with Crippen LogP contribution in [0.1, 0.15) is 128 Å². The van der Waals surface area contributed by atoms with Crippen LogP contribution in [0, 0.1) is 13.8 Å². The van der Waals surface area contributed by atoms with Crippen molar-refractivity contribution < 1.29 is 31.1 Å². The van der Waals surface area contributed by atoms with Gasteiger partial charge in [-0.05, 0) is 49.9 Å². The van der Waals surface area contributed by atoms with Gasteiger partial charge in [0.1, 0.15) is 11.5 Å². The van der Waals surface area contributed by atoms with Gasteiger partial charge in [-0.3, -0.25) is 0 Å². The number of unbranched alkanes of at least 4 members (excludes halogenated alkanes) is 14. The highest BCUT2D eigenvalue weighted by Crippen LogP contribution is 2.39. The molecule has 0 radical (unpaired) electrons. The zero-order valence-electron chi connectivity index (χ0n) is 32.2. The van der Waals surface area contributed by atoms with Crippen molar-refractivity contribution in [1.29, 1.82) is 0 Å². The monoisotopic (exact) mass is 762 g/mol. The van der Waals surface area contributed by atoms with Gasteiger partial charge >= 0.3 is 4.38 Å². The van der Waals surface area contributed by atoms with Crippen LogP contribution in [-0.2, 0) is 19.7 Å². The number of benzene rings is 4. The Balaban J connectivity index is 1.57. The first-order valence-corrected chi connectivity index (χ1v) is 22.6. The highest BCUT2D eigenvalue weighted by atomic mass is 32.3. The quantitative estimate of drug-likeness (QED) is 0.0258. The predicted octanol–water partition coefficient (Wildman–Crippen LogP) is 11.5. The number of rotatable bonds is 22. The largest absolute Gasteiger partial charge is 0.504 e. The molecule has 0 spiro atoms. The molecule has 8 nitrogen and oxygen atoms in total. The van der Waals surface area contributed by atoms with Crippen LogP contribution in [0.5, 0.6) is 11.5 Å². The van der Waals surface area contributed by atoms with Crippen molar-refractivity contribution in [2.75, 3.05) is 13.2 Å². The smallest absolute Gasteiger partial charge is 0.493 e. The van der Waals surface area contributed by atoms with Crippen molar-refractivity contribution in [3.63, 3.8) is 0 Å². The molecule has 0 aliphatic heterocycles. The van der Waals surface area contributed by atoms with Crippen molar-refractivity contribution in [3.8, 4) is 11.5 Å². The lowest BCUT2D eigenvalue weighted by molar-refractivity contribution is 0.00381. The Morgan fingerprint density at radius 2 is 0.849 bits per heavy atom. The second kappa shape index (κ2) is 20.7. The maximum absolute atomic E-state index is 14.3. The fourth-order valence-electron chi connectivity index (χ4n) is 6.98. The van der Waals surface area contributed by atoms with Gasteiger partial charge in [-0.2, -0.15) is 0 Å². The summed E-state index contributed by atoms with van der Waals surface area (Å²) in [4.78, 5) is 2.44. The van der Waals surface area contributed by atoms with Crippen molar-refractivity contribution in [1.82, 2.24) is 0 Å². The molecule has 0 saturated heterocycles. The van der Waals surface area contributed by atoms with Crippen LogP contribution < -0.4 is 9.47 Å². The molecule has 0 fully saturated rings. The second-order valence-corrected chi connectivity index (χ2v) is 18.1. The summed E-state index contributed by atoms with van der Waals surface area (Å²) in [6.07, 6.45) is 18.6. The van der Waals surface area contributed by atoms with E-state index in [0.29, 0.717) is 46.6 Å². The molecule has 0 aromatic heterocycles. The van der Waals surface area contributed by atoms with E-state index in [-0.39, 0.29) is 20.6 Å². The third kappa shape index (κ3) is 10.7. The molecule has 0 unspecified atom stereocenters. The maximum atomic E-state index is 14.3. The molecule has 0 bridgehead atoms. The lowest BCUT2D eigenvalue weighted by Gasteiger charge is -2.16. The van der Waals surface area contributed by atoms with Gasteiger partial charge in [0.15, 0.2) is 0 Å². The van der Waals surface area contributed by atoms with Crippen LogP contribution in [0.25, 0.3) is 27.1 Å². The van der Waals surface area contributed by atoms with Crippen LogP contribution in [0.2, 0.25) is 0 Å². The molecule has 0 heterocycles. The van der Waals surface area contributed by atoms with Crippen LogP contribution in [0.4, 0.5) is 0 Å². The standard InChI is InChI=1S/C43H58N2O6S2/c1-5-7-9-11-13-15-17-23-29-50-41-33(3)31-39(35-25-19-21-27-37(35)41)52(46,47)43(45-44)53(48,49)40-32-34(4)42(38-28-22-20-26-36(38)40)51-30-24-18-16-14-12-10-8-6-2/h19-22,25-28,31-32H,5-18,23-24,29-30H2,1-4H3. The van der Waals surface area contributed by atoms with Gasteiger partial charge in [-0.15, -0.1) is 4.79 Å². The number of aryl methyl sites for hydroxylation is 2. The minimum absolute atomic E-state index is 0.271. The fraction of sp³-hybridized carbons (Fsp3) is 0.512. The van der Waals surface area contributed by atoms with E-state index in [2.05, 4.69) is 18.6 Å². The van der Waals surface area contributed by atoms with Gasteiger partial charge in [0.25, 0.3) is 19.7 Å². The van der Waals surface area contributed by atoms with Crippen molar-refractivity contribution in [2.45, 2.75) is 140 Å².